The van der Waals surface area contributed by atoms with Crippen molar-refractivity contribution in [3.8, 4) is 11.5 Å². The first-order valence-corrected chi connectivity index (χ1v) is 10.2. The van der Waals surface area contributed by atoms with E-state index in [2.05, 4.69) is 4.74 Å². The predicted octanol–water partition coefficient (Wildman–Crippen LogP) is 3.09. The third-order valence-electron chi connectivity index (χ3n) is 5.05. The molecule has 8 heteroatoms. The molecule has 0 fully saturated rings. The van der Waals surface area contributed by atoms with E-state index in [9.17, 15) is 19.5 Å². The minimum Gasteiger partial charge on any atom is -0.491 e. The van der Waals surface area contributed by atoms with Gasteiger partial charge < -0.3 is 19.3 Å². The Morgan fingerprint density at radius 3 is 1.79 bits per heavy atom. The first-order chi connectivity index (χ1) is 16.0. The van der Waals surface area contributed by atoms with Crippen molar-refractivity contribution in [2.75, 3.05) is 25.2 Å². The number of hydrogen-bond donors (Lipinski definition) is 1. The van der Waals surface area contributed by atoms with Crippen molar-refractivity contribution in [2.24, 2.45) is 0 Å². The fourth-order valence-electron chi connectivity index (χ4n) is 3.35. The van der Waals surface area contributed by atoms with E-state index in [1.807, 2.05) is 0 Å². The van der Waals surface area contributed by atoms with Gasteiger partial charge in [-0.05, 0) is 60.7 Å². The molecule has 0 radical (unpaired) electrons. The number of rotatable bonds is 8. The number of carbonyl (C=O) groups excluding carboxylic acids is 3. The van der Waals surface area contributed by atoms with E-state index in [0.29, 0.717) is 33.9 Å². The molecule has 1 N–H and O–H groups in total. The SMILES string of the molecule is COC(=O)c1ccc(OCC(O)COc2ccc(N3C(=O)c4ccccc4C3=O)cc2)cc1. The van der Waals surface area contributed by atoms with Crippen LogP contribution in [-0.4, -0.2) is 49.3 Å². The normalized spacial score (nSPS) is 13.5. The molecule has 168 valence electrons. The second-order valence-electron chi connectivity index (χ2n) is 7.28. The van der Waals surface area contributed by atoms with Gasteiger partial charge in [0, 0.05) is 0 Å². The molecular formula is C25H21NO7. The van der Waals surface area contributed by atoms with Crippen LogP contribution in [0.15, 0.2) is 72.8 Å². The molecule has 1 aliphatic rings. The Kier molecular flexibility index (Phi) is 6.37. The maximum absolute atomic E-state index is 12.6. The highest BCUT2D eigenvalue weighted by Crippen LogP contribution is 2.29. The molecule has 4 rings (SSSR count). The molecule has 0 aliphatic carbocycles. The largest absolute Gasteiger partial charge is 0.491 e. The fraction of sp³-hybridized carbons (Fsp3) is 0.160. The summed E-state index contributed by atoms with van der Waals surface area (Å²) in [6, 6.07) is 19.5. The minimum atomic E-state index is -0.902. The Morgan fingerprint density at radius 2 is 1.30 bits per heavy atom. The molecule has 0 saturated carbocycles. The quantitative estimate of drug-likeness (QED) is 0.418. The number of ether oxygens (including phenoxy) is 3. The number of aliphatic hydroxyl groups is 1. The van der Waals surface area contributed by atoms with Gasteiger partial charge in [0.15, 0.2) is 0 Å². The van der Waals surface area contributed by atoms with Gasteiger partial charge in [0.2, 0.25) is 0 Å². The van der Waals surface area contributed by atoms with Crippen molar-refractivity contribution in [3.63, 3.8) is 0 Å². The Balaban J connectivity index is 1.29. The van der Waals surface area contributed by atoms with Gasteiger partial charge in [0.05, 0.1) is 29.5 Å². The predicted molar refractivity (Wildman–Crippen MR) is 119 cm³/mol. The fourth-order valence-corrected chi connectivity index (χ4v) is 3.35. The van der Waals surface area contributed by atoms with Crippen LogP contribution in [0.5, 0.6) is 11.5 Å². The molecule has 1 atom stereocenters. The van der Waals surface area contributed by atoms with Gasteiger partial charge in [-0.25, -0.2) is 9.69 Å². The Morgan fingerprint density at radius 1 is 0.818 bits per heavy atom. The highest BCUT2D eigenvalue weighted by Gasteiger charge is 2.36. The summed E-state index contributed by atoms with van der Waals surface area (Å²) in [6.07, 6.45) is -0.902. The minimum absolute atomic E-state index is 0.00923. The van der Waals surface area contributed by atoms with Crippen LogP contribution in [0.4, 0.5) is 5.69 Å². The number of anilines is 1. The van der Waals surface area contributed by atoms with Gasteiger partial charge in [-0.15, -0.1) is 0 Å². The van der Waals surface area contributed by atoms with Gasteiger partial charge in [-0.1, -0.05) is 12.1 Å². The summed E-state index contributed by atoms with van der Waals surface area (Å²) < 4.78 is 15.7. The average Bonchev–Trinajstić information content (AvgIpc) is 3.11. The molecule has 3 aromatic carbocycles. The zero-order valence-corrected chi connectivity index (χ0v) is 17.8. The van der Waals surface area contributed by atoms with Crippen molar-refractivity contribution in [1.29, 1.82) is 0 Å². The monoisotopic (exact) mass is 447 g/mol. The van der Waals surface area contributed by atoms with Crippen LogP contribution in [0.3, 0.4) is 0 Å². The van der Waals surface area contributed by atoms with Crippen LogP contribution in [-0.2, 0) is 4.74 Å². The standard InChI is InChI=1S/C25H21NO7/c1-31-25(30)16-6-10-19(11-7-16)32-14-18(27)15-33-20-12-8-17(9-13-20)26-23(28)21-4-2-3-5-22(21)24(26)29/h2-13,18,27H,14-15H2,1H3. The third kappa shape index (κ3) is 4.70. The van der Waals surface area contributed by atoms with E-state index < -0.39 is 12.1 Å². The van der Waals surface area contributed by atoms with Crippen LogP contribution in [0, 0.1) is 0 Å². The van der Waals surface area contributed by atoms with Crippen molar-refractivity contribution in [2.45, 2.75) is 6.10 Å². The summed E-state index contributed by atoms with van der Waals surface area (Å²) in [5, 5.41) is 10.1. The van der Waals surface area contributed by atoms with E-state index in [1.165, 1.54) is 7.11 Å². The van der Waals surface area contributed by atoms with Crippen LogP contribution >= 0.6 is 0 Å². The number of methoxy groups -OCH3 is 1. The zero-order valence-electron chi connectivity index (χ0n) is 17.8. The maximum Gasteiger partial charge on any atom is 0.337 e. The number of hydrogen-bond acceptors (Lipinski definition) is 7. The molecule has 0 spiro atoms. The van der Waals surface area contributed by atoms with E-state index in [1.54, 1.807) is 72.8 Å². The molecule has 33 heavy (non-hydrogen) atoms. The summed E-state index contributed by atoms with van der Waals surface area (Å²) in [6.45, 7) is -0.0305. The lowest BCUT2D eigenvalue weighted by atomic mass is 10.1. The number of benzene rings is 3. The average molecular weight is 447 g/mol. The third-order valence-corrected chi connectivity index (χ3v) is 5.05. The number of amides is 2. The molecule has 1 heterocycles. The lowest BCUT2D eigenvalue weighted by molar-refractivity contribution is 0.0597. The molecular weight excluding hydrogens is 426 g/mol. The highest BCUT2D eigenvalue weighted by molar-refractivity contribution is 6.34. The van der Waals surface area contributed by atoms with Crippen LogP contribution in [0.1, 0.15) is 31.1 Å². The van der Waals surface area contributed by atoms with Crippen molar-refractivity contribution < 1.29 is 33.7 Å². The topological polar surface area (TPSA) is 102 Å². The van der Waals surface area contributed by atoms with Crippen molar-refractivity contribution in [3.05, 3.63) is 89.5 Å². The number of nitrogens with zero attached hydrogens (tertiary/aromatic N) is 1. The maximum atomic E-state index is 12.6. The lowest BCUT2D eigenvalue weighted by Gasteiger charge is -2.16. The summed E-state index contributed by atoms with van der Waals surface area (Å²) in [4.78, 5) is 37.7. The van der Waals surface area contributed by atoms with Gasteiger partial charge in [-0.3, -0.25) is 9.59 Å². The Hall–Kier alpha value is -4.17. The molecule has 2 amide bonds. The van der Waals surface area contributed by atoms with Crippen molar-refractivity contribution in [1.82, 2.24) is 0 Å². The van der Waals surface area contributed by atoms with Crippen LogP contribution in [0.2, 0.25) is 0 Å². The highest BCUT2D eigenvalue weighted by atomic mass is 16.5. The van der Waals surface area contributed by atoms with E-state index in [0.717, 1.165) is 4.90 Å². The first kappa shape index (κ1) is 22.0. The second-order valence-corrected chi connectivity index (χ2v) is 7.28. The van der Waals surface area contributed by atoms with E-state index in [-0.39, 0.29) is 25.0 Å². The lowest BCUT2D eigenvalue weighted by Crippen LogP contribution is -2.29. The molecule has 0 bridgehead atoms. The van der Waals surface area contributed by atoms with Crippen LogP contribution < -0.4 is 14.4 Å². The summed E-state index contributed by atoms with van der Waals surface area (Å²) in [5.41, 5.74) is 1.60. The molecule has 0 saturated heterocycles. The van der Waals surface area contributed by atoms with Crippen LogP contribution in [0.25, 0.3) is 0 Å². The summed E-state index contributed by atoms with van der Waals surface area (Å²) in [5.74, 6) is -0.208. The summed E-state index contributed by atoms with van der Waals surface area (Å²) >= 11 is 0. The first-order valence-electron chi connectivity index (χ1n) is 10.2. The smallest absolute Gasteiger partial charge is 0.337 e. The number of fused-ring (bicyclic) bond motifs is 1. The molecule has 8 nitrogen and oxygen atoms in total. The molecule has 1 unspecified atom stereocenters. The van der Waals surface area contributed by atoms with E-state index in [4.69, 9.17) is 9.47 Å². The van der Waals surface area contributed by atoms with Gasteiger partial charge in [-0.2, -0.15) is 0 Å². The second kappa shape index (κ2) is 9.54. The van der Waals surface area contributed by atoms with E-state index >= 15 is 0 Å². The van der Waals surface area contributed by atoms with Gasteiger partial charge >= 0.3 is 5.97 Å². The summed E-state index contributed by atoms with van der Waals surface area (Å²) in [7, 11) is 1.31. The molecule has 3 aromatic rings. The Labute approximate surface area is 189 Å². The Bertz CT molecular complexity index is 1140. The molecule has 0 aromatic heterocycles. The number of esters is 1. The van der Waals surface area contributed by atoms with Gasteiger partial charge in [0.1, 0.15) is 30.8 Å². The number of carbonyl (C=O) groups is 3. The van der Waals surface area contributed by atoms with Gasteiger partial charge in [0.25, 0.3) is 11.8 Å². The molecule has 1 aliphatic heterocycles. The number of imide groups is 1. The number of aliphatic hydroxyl groups excluding tert-OH is 1. The zero-order chi connectivity index (χ0) is 23.4. The van der Waals surface area contributed by atoms with Crippen molar-refractivity contribution >= 4 is 23.5 Å².